The molecular weight excluding hydrogens is 258 g/mol. The van der Waals surface area contributed by atoms with Crippen LogP contribution in [0.15, 0.2) is 24.3 Å². The molecule has 0 aliphatic heterocycles. The first-order valence-corrected chi connectivity index (χ1v) is 5.62. The summed E-state index contributed by atoms with van der Waals surface area (Å²) in [5.74, 6) is -1.03. The average molecular weight is 272 g/mol. The minimum Gasteiger partial charge on any atom is -0.481 e. The lowest BCUT2D eigenvalue weighted by atomic mass is 9.95. The maximum absolute atomic E-state index is 11.4. The Hall–Kier alpha value is -1.75. The van der Waals surface area contributed by atoms with Gasteiger partial charge in [-0.05, 0) is 38.1 Å². The molecule has 1 rings (SSSR count). The lowest BCUT2D eigenvalue weighted by molar-refractivity contribution is -0.148. The first-order valence-electron chi connectivity index (χ1n) is 5.24. The molecule has 0 spiro atoms. The van der Waals surface area contributed by atoms with Gasteiger partial charge in [0.2, 0.25) is 0 Å². The summed E-state index contributed by atoms with van der Waals surface area (Å²) < 4.78 is 4.84. The predicted molar refractivity (Wildman–Crippen MR) is 67.8 cm³/mol. The van der Waals surface area contributed by atoms with Crippen molar-refractivity contribution in [2.75, 3.05) is 11.9 Å². The number of hydrogen-bond donors (Lipinski definition) is 2. The van der Waals surface area contributed by atoms with E-state index in [1.807, 2.05) is 0 Å². The fraction of sp³-hybridized carbons (Fsp3) is 0.333. The second-order valence-electron chi connectivity index (χ2n) is 4.40. The number of aliphatic carboxylic acids is 1. The standard InChI is InChI=1S/C12H14ClNO4/c1-12(2,10(15)16)7-18-11(17)14-9-5-3-8(13)4-6-9/h3-6H,7H2,1-2H3,(H,14,17)(H,15,16). The molecule has 0 saturated carbocycles. The molecule has 0 aliphatic carbocycles. The fourth-order valence-corrected chi connectivity index (χ4v) is 1.12. The minimum atomic E-state index is -1.11. The van der Waals surface area contributed by atoms with E-state index in [1.165, 1.54) is 13.8 Å². The smallest absolute Gasteiger partial charge is 0.411 e. The number of rotatable bonds is 4. The topological polar surface area (TPSA) is 75.6 Å². The van der Waals surface area contributed by atoms with Crippen LogP contribution in [0.2, 0.25) is 5.02 Å². The van der Waals surface area contributed by atoms with E-state index in [2.05, 4.69) is 5.32 Å². The molecule has 1 amide bonds. The van der Waals surface area contributed by atoms with Gasteiger partial charge in [-0.2, -0.15) is 0 Å². The van der Waals surface area contributed by atoms with Gasteiger partial charge in [-0.1, -0.05) is 11.6 Å². The molecule has 18 heavy (non-hydrogen) atoms. The monoisotopic (exact) mass is 271 g/mol. The third kappa shape index (κ3) is 4.25. The number of halogens is 1. The summed E-state index contributed by atoms with van der Waals surface area (Å²) >= 11 is 5.69. The molecule has 0 radical (unpaired) electrons. The molecule has 2 N–H and O–H groups in total. The van der Waals surface area contributed by atoms with Crippen molar-refractivity contribution in [2.24, 2.45) is 5.41 Å². The van der Waals surface area contributed by atoms with Crippen LogP contribution in [-0.2, 0) is 9.53 Å². The van der Waals surface area contributed by atoms with Gasteiger partial charge in [0.05, 0.1) is 5.41 Å². The van der Waals surface area contributed by atoms with E-state index in [9.17, 15) is 9.59 Å². The van der Waals surface area contributed by atoms with Crippen molar-refractivity contribution in [1.82, 2.24) is 0 Å². The van der Waals surface area contributed by atoms with Crippen LogP contribution in [0.1, 0.15) is 13.8 Å². The average Bonchev–Trinajstić information content (AvgIpc) is 2.29. The molecule has 0 bridgehead atoms. The van der Waals surface area contributed by atoms with Crippen LogP contribution >= 0.6 is 11.6 Å². The van der Waals surface area contributed by atoms with Gasteiger partial charge in [0.15, 0.2) is 0 Å². The Morgan fingerprint density at radius 3 is 2.39 bits per heavy atom. The van der Waals surface area contributed by atoms with Crippen LogP contribution in [0.5, 0.6) is 0 Å². The summed E-state index contributed by atoms with van der Waals surface area (Å²) in [5, 5.41) is 11.9. The molecule has 5 nitrogen and oxygen atoms in total. The zero-order valence-corrected chi connectivity index (χ0v) is 10.8. The van der Waals surface area contributed by atoms with E-state index in [1.54, 1.807) is 24.3 Å². The van der Waals surface area contributed by atoms with E-state index in [0.717, 1.165) is 0 Å². The number of hydrogen-bond acceptors (Lipinski definition) is 3. The van der Waals surface area contributed by atoms with Gasteiger partial charge in [0.1, 0.15) is 6.61 Å². The highest BCUT2D eigenvalue weighted by Crippen LogP contribution is 2.17. The van der Waals surface area contributed by atoms with Gasteiger partial charge >= 0.3 is 12.1 Å². The molecule has 0 heterocycles. The predicted octanol–water partition coefficient (Wildman–Crippen LogP) is 3.00. The number of benzene rings is 1. The third-order valence-electron chi connectivity index (χ3n) is 2.23. The Morgan fingerprint density at radius 2 is 1.89 bits per heavy atom. The van der Waals surface area contributed by atoms with Gasteiger partial charge < -0.3 is 9.84 Å². The zero-order chi connectivity index (χ0) is 13.8. The van der Waals surface area contributed by atoms with Crippen molar-refractivity contribution in [2.45, 2.75) is 13.8 Å². The Morgan fingerprint density at radius 1 is 1.33 bits per heavy atom. The van der Waals surface area contributed by atoms with Gasteiger partial charge in [-0.15, -0.1) is 0 Å². The molecule has 6 heteroatoms. The summed E-state index contributed by atoms with van der Waals surface area (Å²) in [4.78, 5) is 22.2. The van der Waals surface area contributed by atoms with E-state index in [4.69, 9.17) is 21.4 Å². The van der Waals surface area contributed by atoms with Crippen molar-refractivity contribution in [3.63, 3.8) is 0 Å². The quantitative estimate of drug-likeness (QED) is 0.883. The Balaban J connectivity index is 2.48. The lowest BCUT2D eigenvalue weighted by Crippen LogP contribution is -2.31. The molecule has 0 aliphatic rings. The van der Waals surface area contributed by atoms with E-state index < -0.39 is 17.5 Å². The number of nitrogens with one attached hydrogen (secondary N) is 1. The summed E-state index contributed by atoms with van der Waals surface area (Å²) in [5.41, 5.74) is -0.588. The number of carbonyl (C=O) groups excluding carboxylic acids is 1. The fourth-order valence-electron chi connectivity index (χ4n) is 0.995. The normalized spacial score (nSPS) is 10.8. The summed E-state index contributed by atoms with van der Waals surface area (Å²) in [6.45, 7) is 2.75. The number of amides is 1. The third-order valence-corrected chi connectivity index (χ3v) is 2.49. The van der Waals surface area contributed by atoms with Gasteiger partial charge in [0.25, 0.3) is 0 Å². The number of ether oxygens (including phenoxy) is 1. The number of carbonyl (C=O) groups is 2. The Labute approximate surface area is 110 Å². The second-order valence-corrected chi connectivity index (χ2v) is 4.83. The highest BCUT2D eigenvalue weighted by atomic mass is 35.5. The maximum Gasteiger partial charge on any atom is 0.411 e. The zero-order valence-electron chi connectivity index (χ0n) is 10.1. The SMILES string of the molecule is CC(C)(COC(=O)Nc1ccc(Cl)cc1)C(=O)O. The highest BCUT2D eigenvalue weighted by Gasteiger charge is 2.29. The van der Waals surface area contributed by atoms with Crippen LogP contribution in [0, 0.1) is 5.41 Å². The van der Waals surface area contributed by atoms with Crippen LogP contribution in [-0.4, -0.2) is 23.8 Å². The minimum absolute atomic E-state index is 0.207. The molecule has 0 fully saturated rings. The molecular formula is C12H14ClNO4. The van der Waals surface area contributed by atoms with Gasteiger partial charge in [0, 0.05) is 10.7 Å². The number of carboxylic acid groups (broad SMARTS) is 1. The largest absolute Gasteiger partial charge is 0.481 e. The van der Waals surface area contributed by atoms with Crippen molar-refractivity contribution < 1.29 is 19.4 Å². The molecule has 0 saturated heterocycles. The summed E-state index contributed by atoms with van der Waals surface area (Å²) in [6, 6.07) is 6.48. The van der Waals surface area contributed by atoms with Crippen molar-refractivity contribution >= 4 is 29.4 Å². The van der Waals surface area contributed by atoms with Gasteiger partial charge in [-0.3, -0.25) is 10.1 Å². The van der Waals surface area contributed by atoms with Crippen molar-refractivity contribution in [1.29, 1.82) is 0 Å². The van der Waals surface area contributed by atoms with Crippen LogP contribution in [0.3, 0.4) is 0 Å². The highest BCUT2D eigenvalue weighted by molar-refractivity contribution is 6.30. The molecule has 1 aromatic rings. The van der Waals surface area contributed by atoms with Gasteiger partial charge in [-0.25, -0.2) is 4.79 Å². The van der Waals surface area contributed by atoms with Crippen LogP contribution in [0.4, 0.5) is 10.5 Å². The first-order chi connectivity index (χ1) is 8.31. The van der Waals surface area contributed by atoms with Crippen molar-refractivity contribution in [3.05, 3.63) is 29.3 Å². The van der Waals surface area contributed by atoms with E-state index in [0.29, 0.717) is 10.7 Å². The molecule has 1 aromatic carbocycles. The van der Waals surface area contributed by atoms with Crippen molar-refractivity contribution in [3.8, 4) is 0 Å². The second kappa shape index (κ2) is 5.73. The van der Waals surface area contributed by atoms with Crippen LogP contribution in [0.25, 0.3) is 0 Å². The lowest BCUT2D eigenvalue weighted by Gasteiger charge is -2.18. The van der Waals surface area contributed by atoms with E-state index in [-0.39, 0.29) is 6.61 Å². The summed E-state index contributed by atoms with van der Waals surface area (Å²) in [6.07, 6.45) is -0.702. The molecule has 0 atom stereocenters. The summed E-state index contributed by atoms with van der Waals surface area (Å²) in [7, 11) is 0. The number of carboxylic acids is 1. The maximum atomic E-state index is 11.4. The Bertz CT molecular complexity index is 442. The molecule has 98 valence electrons. The van der Waals surface area contributed by atoms with Crippen LogP contribution < -0.4 is 5.32 Å². The molecule has 0 unspecified atom stereocenters. The van der Waals surface area contributed by atoms with E-state index >= 15 is 0 Å². The first kappa shape index (κ1) is 14.3. The Kier molecular flexibility index (Phi) is 4.55. The number of anilines is 1. The molecule has 0 aromatic heterocycles.